The van der Waals surface area contributed by atoms with Crippen molar-refractivity contribution in [3.63, 3.8) is 0 Å². The molecule has 2 aliphatic carbocycles. The first-order chi connectivity index (χ1) is 22.6. The molecule has 0 fully saturated rings. The van der Waals surface area contributed by atoms with Crippen LogP contribution in [0.4, 0.5) is 0 Å². The fraction of sp³-hybridized carbons (Fsp3) is 0.233. The van der Waals surface area contributed by atoms with Gasteiger partial charge in [-0.1, -0.05) is 126 Å². The van der Waals surface area contributed by atoms with Gasteiger partial charge in [0.1, 0.15) is 0 Å². The number of nitrogens with zero attached hydrogens (tertiary/aromatic N) is 3. The minimum Gasteiger partial charge on any atom is -0.335 e. The molecule has 3 nitrogen and oxygen atoms in total. The van der Waals surface area contributed by atoms with E-state index in [0.29, 0.717) is 11.5 Å². The minimum absolute atomic E-state index is 0.0901. The Labute approximate surface area is 272 Å². The number of fused-ring (bicyclic) bond motifs is 5. The van der Waals surface area contributed by atoms with E-state index in [-0.39, 0.29) is 18.0 Å². The van der Waals surface area contributed by atoms with E-state index in [1.54, 1.807) is 0 Å². The molecule has 4 aromatic carbocycles. The van der Waals surface area contributed by atoms with Crippen molar-refractivity contribution in [1.82, 2.24) is 9.13 Å². The zero-order chi connectivity index (χ0) is 32.1. The average molecular weight is 600 g/mol. The Kier molecular flexibility index (Phi) is 7.53. The van der Waals surface area contributed by atoms with Gasteiger partial charge in [0.15, 0.2) is 0 Å². The summed E-state index contributed by atoms with van der Waals surface area (Å²) in [7, 11) is 0. The van der Waals surface area contributed by atoms with Gasteiger partial charge in [0.05, 0.1) is 40.3 Å². The van der Waals surface area contributed by atoms with E-state index in [9.17, 15) is 5.26 Å². The highest BCUT2D eigenvalue weighted by Gasteiger charge is 2.40. The Morgan fingerprint density at radius 2 is 1.39 bits per heavy atom. The Hall–Kier alpha value is -5.07. The lowest BCUT2D eigenvalue weighted by Crippen LogP contribution is -2.28. The van der Waals surface area contributed by atoms with Gasteiger partial charge in [-0.25, -0.2) is 0 Å². The van der Waals surface area contributed by atoms with Gasteiger partial charge in [0, 0.05) is 28.3 Å². The summed E-state index contributed by atoms with van der Waals surface area (Å²) in [5.74, 6) is 0.631. The van der Waals surface area contributed by atoms with Crippen molar-refractivity contribution in [2.75, 3.05) is 0 Å². The summed E-state index contributed by atoms with van der Waals surface area (Å²) in [5, 5.41) is 13.3. The van der Waals surface area contributed by atoms with Gasteiger partial charge in [-0.3, -0.25) is 0 Å². The number of allylic oxidation sites excluding steroid dienone is 6. The zero-order valence-corrected chi connectivity index (χ0v) is 27.6. The molecule has 6 aromatic rings. The first-order valence-corrected chi connectivity index (χ1v) is 16.9. The summed E-state index contributed by atoms with van der Waals surface area (Å²) in [5.41, 5.74) is 12.7. The molecule has 3 heteroatoms. The van der Waals surface area contributed by atoms with Crippen molar-refractivity contribution in [3.8, 4) is 17.2 Å². The fourth-order valence-electron chi connectivity index (χ4n) is 8.12. The van der Waals surface area contributed by atoms with Gasteiger partial charge in [-0.2, -0.15) is 5.26 Å². The number of hydrogen-bond donors (Lipinski definition) is 0. The van der Waals surface area contributed by atoms with Crippen molar-refractivity contribution in [3.05, 3.63) is 138 Å². The van der Waals surface area contributed by atoms with Crippen LogP contribution in [0.25, 0.3) is 49.4 Å². The highest BCUT2D eigenvalue weighted by atomic mass is 15.1. The monoisotopic (exact) mass is 599 g/mol. The zero-order valence-electron chi connectivity index (χ0n) is 27.6. The summed E-state index contributed by atoms with van der Waals surface area (Å²) in [6, 6.07) is 35.3. The summed E-state index contributed by atoms with van der Waals surface area (Å²) < 4.78 is 5.16. The Balaban J connectivity index is 0.000000815. The third-order valence-corrected chi connectivity index (χ3v) is 9.99. The van der Waals surface area contributed by atoms with E-state index in [1.165, 1.54) is 66.1 Å². The molecule has 0 radical (unpaired) electrons. The minimum atomic E-state index is 0.0901. The van der Waals surface area contributed by atoms with Gasteiger partial charge in [0.25, 0.3) is 0 Å². The number of nitriles is 1. The molecule has 4 atom stereocenters. The van der Waals surface area contributed by atoms with E-state index < -0.39 is 0 Å². The van der Waals surface area contributed by atoms with Crippen molar-refractivity contribution in [2.24, 2.45) is 11.8 Å². The highest BCUT2D eigenvalue weighted by Crippen LogP contribution is 2.54. The first kappa shape index (κ1) is 29.6. The van der Waals surface area contributed by atoms with Gasteiger partial charge in [0.2, 0.25) is 0 Å². The van der Waals surface area contributed by atoms with E-state index in [1.807, 2.05) is 39.8 Å². The van der Waals surface area contributed by atoms with Crippen LogP contribution in [0.15, 0.2) is 127 Å². The van der Waals surface area contributed by atoms with Crippen molar-refractivity contribution >= 4 is 38.3 Å². The highest BCUT2D eigenvalue weighted by molar-refractivity contribution is 6.18. The fourth-order valence-corrected chi connectivity index (χ4v) is 8.12. The SMILES string of the molecule is CC.CC.CC1C=CC2C3=C1C(C)C(c1ccc(C#N)cc1)=CC3n1c3ccc(-c4ccccc4)cc3c3ccc4ccn2c4c31. The molecule has 3 aliphatic rings. The van der Waals surface area contributed by atoms with Gasteiger partial charge in [-0.05, 0) is 64.1 Å². The van der Waals surface area contributed by atoms with E-state index >= 15 is 0 Å². The van der Waals surface area contributed by atoms with Crippen molar-refractivity contribution in [2.45, 2.75) is 53.6 Å². The maximum Gasteiger partial charge on any atom is 0.0991 e. The second kappa shape index (κ2) is 11.7. The number of rotatable bonds is 2. The number of hydrogen-bond acceptors (Lipinski definition) is 1. The topological polar surface area (TPSA) is 33.6 Å². The van der Waals surface area contributed by atoms with Gasteiger partial charge >= 0.3 is 0 Å². The maximum atomic E-state index is 9.43. The van der Waals surface area contributed by atoms with Gasteiger partial charge in [-0.15, -0.1) is 0 Å². The summed E-state index contributed by atoms with van der Waals surface area (Å²) >= 11 is 0. The molecule has 0 saturated heterocycles. The van der Waals surface area contributed by atoms with E-state index in [4.69, 9.17) is 0 Å². The van der Waals surface area contributed by atoms with Crippen LogP contribution < -0.4 is 0 Å². The van der Waals surface area contributed by atoms with E-state index in [0.717, 1.165) is 0 Å². The predicted octanol–water partition coefficient (Wildman–Crippen LogP) is 11.7. The molecular formula is C43H41N3. The molecule has 9 rings (SSSR count). The van der Waals surface area contributed by atoms with Crippen LogP contribution in [-0.4, -0.2) is 9.13 Å². The summed E-state index contributed by atoms with van der Waals surface area (Å²) in [6.45, 7) is 12.7. The van der Waals surface area contributed by atoms with Crippen molar-refractivity contribution in [1.29, 1.82) is 5.26 Å². The molecule has 0 N–H and O–H groups in total. The number of aromatic nitrogens is 2. The molecule has 228 valence electrons. The lowest BCUT2D eigenvalue weighted by Gasteiger charge is -2.40. The molecule has 0 saturated carbocycles. The lowest BCUT2D eigenvalue weighted by atomic mass is 9.69. The van der Waals surface area contributed by atoms with Crippen LogP contribution in [0.1, 0.15) is 64.8 Å². The molecule has 1 aliphatic heterocycles. The first-order valence-electron chi connectivity index (χ1n) is 16.9. The molecule has 0 bridgehead atoms. The number of benzene rings is 4. The molecule has 3 heterocycles. The summed E-state index contributed by atoms with van der Waals surface area (Å²) in [4.78, 5) is 0. The predicted molar refractivity (Wildman–Crippen MR) is 195 cm³/mol. The molecule has 46 heavy (non-hydrogen) atoms. The third-order valence-electron chi connectivity index (χ3n) is 9.99. The van der Waals surface area contributed by atoms with Crippen LogP contribution in [0.3, 0.4) is 0 Å². The van der Waals surface area contributed by atoms with E-state index in [2.05, 4.69) is 132 Å². The second-order valence-electron chi connectivity index (χ2n) is 12.1. The smallest absolute Gasteiger partial charge is 0.0991 e. The normalized spacial score (nSPS) is 20.8. The van der Waals surface area contributed by atoms with Gasteiger partial charge < -0.3 is 9.13 Å². The molecular weight excluding hydrogens is 558 g/mol. The molecule has 4 unspecified atom stereocenters. The Morgan fingerprint density at radius 1 is 0.652 bits per heavy atom. The second-order valence-corrected chi connectivity index (χ2v) is 12.1. The van der Waals surface area contributed by atoms with Crippen LogP contribution >= 0.6 is 0 Å². The lowest BCUT2D eigenvalue weighted by molar-refractivity contribution is 0.544. The largest absolute Gasteiger partial charge is 0.335 e. The van der Waals surface area contributed by atoms with Crippen LogP contribution in [0.2, 0.25) is 0 Å². The average Bonchev–Trinajstić information content (AvgIpc) is 3.66. The molecule has 2 aromatic heterocycles. The van der Waals surface area contributed by atoms with Crippen LogP contribution in [-0.2, 0) is 0 Å². The maximum absolute atomic E-state index is 9.43. The Bertz CT molecular complexity index is 2230. The van der Waals surface area contributed by atoms with Crippen LogP contribution in [0.5, 0.6) is 0 Å². The quantitative estimate of drug-likeness (QED) is 0.182. The van der Waals surface area contributed by atoms with Crippen molar-refractivity contribution < 1.29 is 0 Å². The summed E-state index contributed by atoms with van der Waals surface area (Å²) in [6.07, 6.45) is 9.67. The molecule has 0 amide bonds. The molecule has 0 spiro atoms. The Morgan fingerprint density at radius 3 is 2.13 bits per heavy atom. The van der Waals surface area contributed by atoms with Crippen LogP contribution in [0, 0.1) is 23.2 Å². The third kappa shape index (κ3) is 4.24. The standard InChI is InChI=1S/C39H29N3.2C2H6/c1-23-8-16-34-37-35(21-31(24(2)36(23)37)27-11-9-25(22-40)10-12-27)42-33-17-14-29(26-6-4-3-5-7-26)20-32(33)30-15-13-28-18-19-41(34)38(28)39(30)42;2*1-2/h3-21,23-24,34-35H,1-2H3;2*1-2H3.